The van der Waals surface area contributed by atoms with Crippen LogP contribution in [0, 0.1) is 24.0 Å². The summed E-state index contributed by atoms with van der Waals surface area (Å²) in [6, 6.07) is 4.96. The van der Waals surface area contributed by atoms with E-state index in [0.29, 0.717) is 5.56 Å². The molecule has 0 aliphatic rings. The molecule has 1 rings (SSSR count). The lowest BCUT2D eigenvalue weighted by molar-refractivity contribution is -0.386. The van der Waals surface area contributed by atoms with E-state index in [9.17, 15) is 10.1 Å². The maximum absolute atomic E-state index is 10.6. The second-order valence-corrected chi connectivity index (χ2v) is 2.53. The van der Waals surface area contributed by atoms with Crippen molar-refractivity contribution in [2.24, 2.45) is 0 Å². The Morgan fingerprint density at radius 2 is 2.31 bits per heavy atom. The Bertz CT molecular complexity index is 323. The Labute approximate surface area is 76.3 Å². The maximum atomic E-state index is 10.6. The topological polar surface area (TPSA) is 52.4 Å². The summed E-state index contributed by atoms with van der Waals surface area (Å²) in [6.07, 6.45) is 0. The number of nitro groups is 1. The number of hydrogen-bond donors (Lipinski definition) is 0. The van der Waals surface area contributed by atoms with Gasteiger partial charge in [0.15, 0.2) is 5.75 Å². The zero-order valence-electron chi connectivity index (χ0n) is 7.32. The van der Waals surface area contributed by atoms with Crippen molar-refractivity contribution < 1.29 is 9.66 Å². The quantitative estimate of drug-likeness (QED) is 0.528. The predicted octanol–water partition coefficient (Wildman–Crippen LogP) is 2.12. The van der Waals surface area contributed by atoms with Gasteiger partial charge in [0.1, 0.15) is 0 Å². The third-order valence-corrected chi connectivity index (χ3v) is 1.64. The molecule has 1 aromatic rings. The van der Waals surface area contributed by atoms with Crippen molar-refractivity contribution in [2.45, 2.75) is 6.92 Å². The molecule has 0 aliphatic heterocycles. The van der Waals surface area contributed by atoms with Gasteiger partial charge in [0.2, 0.25) is 0 Å². The maximum Gasteiger partial charge on any atom is 0.313 e. The van der Waals surface area contributed by atoms with Gasteiger partial charge in [-0.25, -0.2) is 0 Å². The van der Waals surface area contributed by atoms with Crippen LogP contribution in [0.15, 0.2) is 18.2 Å². The first kappa shape index (κ1) is 9.51. The minimum atomic E-state index is -0.444. The van der Waals surface area contributed by atoms with Gasteiger partial charge in [-0.05, 0) is 19.9 Å². The van der Waals surface area contributed by atoms with Crippen LogP contribution < -0.4 is 4.74 Å². The molecule has 1 aromatic carbocycles. The van der Waals surface area contributed by atoms with E-state index < -0.39 is 4.92 Å². The van der Waals surface area contributed by atoms with Gasteiger partial charge in [-0.1, -0.05) is 12.1 Å². The fraction of sp³-hybridized carbons (Fsp3) is 0.222. The van der Waals surface area contributed by atoms with Crippen molar-refractivity contribution >= 4 is 5.69 Å². The predicted molar refractivity (Wildman–Crippen MR) is 48.7 cm³/mol. The number of nitrogens with zero attached hydrogens (tertiary/aromatic N) is 1. The minimum Gasteiger partial charge on any atom is -0.487 e. The van der Waals surface area contributed by atoms with E-state index in [-0.39, 0.29) is 18.0 Å². The highest BCUT2D eigenvalue weighted by atomic mass is 16.6. The molecule has 0 aliphatic carbocycles. The van der Waals surface area contributed by atoms with Gasteiger partial charge < -0.3 is 4.74 Å². The molecule has 0 unspecified atom stereocenters. The summed E-state index contributed by atoms with van der Waals surface area (Å²) in [5.74, 6) is 0.278. The minimum absolute atomic E-state index is 0.0196. The monoisotopic (exact) mass is 180 g/mol. The van der Waals surface area contributed by atoms with Crippen LogP contribution in [0.4, 0.5) is 5.69 Å². The van der Waals surface area contributed by atoms with Crippen molar-refractivity contribution in [1.82, 2.24) is 0 Å². The lowest BCUT2D eigenvalue weighted by Gasteiger charge is -2.04. The molecule has 4 heteroatoms. The molecule has 0 N–H and O–H groups in total. The van der Waals surface area contributed by atoms with Crippen molar-refractivity contribution in [1.29, 1.82) is 0 Å². The Morgan fingerprint density at radius 1 is 1.62 bits per heavy atom. The van der Waals surface area contributed by atoms with Gasteiger partial charge in [0, 0.05) is 5.56 Å². The standard InChI is InChI=1S/C9H10NO3/c1-3-13-8-6-4-5-7(2)9(8)10(11)12/h4-6H,1,3H2,2H3. The molecular formula is C9H10NO3. The van der Waals surface area contributed by atoms with Crippen molar-refractivity contribution in [3.05, 3.63) is 40.8 Å². The third kappa shape index (κ3) is 1.96. The van der Waals surface area contributed by atoms with Crippen LogP contribution >= 0.6 is 0 Å². The number of benzene rings is 1. The number of hydrogen-bond acceptors (Lipinski definition) is 3. The largest absolute Gasteiger partial charge is 0.487 e. The van der Waals surface area contributed by atoms with Crippen LogP contribution in [0.5, 0.6) is 5.75 Å². The van der Waals surface area contributed by atoms with Crippen LogP contribution in [0.2, 0.25) is 0 Å². The van der Waals surface area contributed by atoms with Crippen LogP contribution in [0.25, 0.3) is 0 Å². The molecule has 0 aromatic heterocycles. The summed E-state index contributed by atoms with van der Waals surface area (Å²) in [6.45, 7) is 5.33. The highest BCUT2D eigenvalue weighted by Crippen LogP contribution is 2.29. The summed E-state index contributed by atoms with van der Waals surface area (Å²) in [7, 11) is 0. The highest BCUT2D eigenvalue weighted by molar-refractivity contribution is 5.51. The van der Waals surface area contributed by atoms with E-state index in [0.717, 1.165) is 0 Å². The fourth-order valence-corrected chi connectivity index (χ4v) is 1.09. The van der Waals surface area contributed by atoms with Gasteiger partial charge in [-0.15, -0.1) is 0 Å². The summed E-state index contributed by atoms with van der Waals surface area (Å²) >= 11 is 0. The van der Waals surface area contributed by atoms with E-state index in [1.165, 1.54) is 0 Å². The van der Waals surface area contributed by atoms with Crippen LogP contribution in [-0.4, -0.2) is 11.5 Å². The Morgan fingerprint density at radius 3 is 2.85 bits per heavy atom. The number of nitro benzene ring substituents is 1. The molecule has 0 atom stereocenters. The van der Waals surface area contributed by atoms with Crippen LogP contribution in [-0.2, 0) is 0 Å². The Hall–Kier alpha value is -1.58. The summed E-state index contributed by atoms with van der Waals surface area (Å²) in [4.78, 5) is 10.2. The zero-order valence-corrected chi connectivity index (χ0v) is 7.32. The van der Waals surface area contributed by atoms with E-state index >= 15 is 0 Å². The molecule has 69 valence electrons. The van der Waals surface area contributed by atoms with Gasteiger partial charge in [-0.3, -0.25) is 10.1 Å². The summed E-state index contributed by atoms with van der Waals surface area (Å²) < 4.78 is 5.03. The first-order chi connectivity index (χ1) is 6.16. The van der Waals surface area contributed by atoms with Gasteiger partial charge >= 0.3 is 5.69 Å². The van der Waals surface area contributed by atoms with E-state index in [4.69, 9.17) is 4.74 Å². The summed E-state index contributed by atoms with van der Waals surface area (Å²) in [5.41, 5.74) is 0.613. The first-order valence-electron chi connectivity index (χ1n) is 3.83. The molecule has 1 radical (unpaired) electrons. The Balaban J connectivity index is 3.17. The smallest absolute Gasteiger partial charge is 0.313 e. The number of aryl methyl sites for hydroxylation is 1. The number of ether oxygens (including phenoxy) is 1. The number of para-hydroxylation sites is 1. The third-order valence-electron chi connectivity index (χ3n) is 1.64. The van der Waals surface area contributed by atoms with Gasteiger partial charge in [-0.2, -0.15) is 0 Å². The van der Waals surface area contributed by atoms with Crippen molar-refractivity contribution in [2.75, 3.05) is 6.61 Å². The van der Waals surface area contributed by atoms with E-state index in [2.05, 4.69) is 6.92 Å². The molecule has 0 saturated heterocycles. The van der Waals surface area contributed by atoms with Crippen LogP contribution in [0.1, 0.15) is 5.56 Å². The molecule has 0 amide bonds. The molecule has 0 spiro atoms. The molecule has 4 nitrogen and oxygen atoms in total. The summed E-state index contributed by atoms with van der Waals surface area (Å²) in [5, 5.41) is 10.6. The van der Waals surface area contributed by atoms with E-state index in [1.54, 1.807) is 25.1 Å². The molecular weight excluding hydrogens is 170 g/mol. The normalized spacial score (nSPS) is 9.69. The fourth-order valence-electron chi connectivity index (χ4n) is 1.09. The lowest BCUT2D eigenvalue weighted by atomic mass is 10.2. The van der Waals surface area contributed by atoms with E-state index in [1.807, 2.05) is 0 Å². The number of rotatable bonds is 3. The SMILES string of the molecule is [CH2]COc1cccc(C)c1[N+](=O)[O-]. The molecule has 0 fully saturated rings. The average molecular weight is 180 g/mol. The van der Waals surface area contributed by atoms with Gasteiger partial charge in [0.25, 0.3) is 0 Å². The van der Waals surface area contributed by atoms with Crippen LogP contribution in [0.3, 0.4) is 0 Å². The molecule has 13 heavy (non-hydrogen) atoms. The molecule has 0 bridgehead atoms. The highest BCUT2D eigenvalue weighted by Gasteiger charge is 2.17. The zero-order chi connectivity index (χ0) is 9.84. The lowest BCUT2D eigenvalue weighted by Crippen LogP contribution is -1.99. The first-order valence-corrected chi connectivity index (χ1v) is 3.83. The molecule has 0 saturated carbocycles. The van der Waals surface area contributed by atoms with Gasteiger partial charge in [0.05, 0.1) is 11.5 Å². The second-order valence-electron chi connectivity index (χ2n) is 2.53. The van der Waals surface area contributed by atoms with Crippen molar-refractivity contribution in [3.8, 4) is 5.75 Å². The second kappa shape index (κ2) is 3.89. The molecule has 0 heterocycles. The average Bonchev–Trinajstić information content (AvgIpc) is 2.04. The van der Waals surface area contributed by atoms with Crippen molar-refractivity contribution in [3.63, 3.8) is 0 Å². The Kier molecular flexibility index (Phi) is 2.84.